The molecule has 0 aliphatic rings. The van der Waals surface area contributed by atoms with Gasteiger partial charge in [-0.15, -0.1) is 5.48 Å². The van der Waals surface area contributed by atoms with Crippen molar-refractivity contribution < 1.29 is 14.4 Å². The summed E-state index contributed by atoms with van der Waals surface area (Å²) in [6, 6.07) is 5.88. The number of amides is 1. The van der Waals surface area contributed by atoms with E-state index in [1.165, 1.54) is 12.4 Å². The van der Waals surface area contributed by atoms with Crippen LogP contribution in [0.2, 0.25) is 0 Å². The first-order chi connectivity index (χ1) is 12.6. The number of hydrogen-bond donors (Lipinski definition) is 4. The van der Waals surface area contributed by atoms with E-state index in [1.54, 1.807) is 36.7 Å². The number of carbonyl (C=O) groups excluding carboxylic acids is 2. The molecule has 0 aliphatic carbocycles. The van der Waals surface area contributed by atoms with Crippen molar-refractivity contribution in [3.8, 4) is 0 Å². The van der Waals surface area contributed by atoms with Crippen LogP contribution in [0.25, 0.3) is 0 Å². The summed E-state index contributed by atoms with van der Waals surface area (Å²) in [4.78, 5) is 36.4. The van der Waals surface area contributed by atoms with E-state index in [4.69, 9.17) is 16.0 Å². The topological polar surface area (TPSA) is 143 Å². The van der Waals surface area contributed by atoms with E-state index in [0.717, 1.165) is 0 Å². The number of nitrogens with one attached hydrogen (secondary N) is 3. The Hall–Kier alpha value is -3.33. The van der Waals surface area contributed by atoms with E-state index < -0.39 is 12.0 Å². The lowest BCUT2D eigenvalue weighted by atomic mass is 10.1. The molecule has 26 heavy (non-hydrogen) atoms. The van der Waals surface area contributed by atoms with Gasteiger partial charge in [0.2, 0.25) is 0 Å². The first kappa shape index (κ1) is 19.0. The van der Waals surface area contributed by atoms with Gasteiger partial charge in [-0.25, -0.2) is 4.79 Å². The van der Waals surface area contributed by atoms with Crippen LogP contribution in [0.15, 0.2) is 49.1 Å². The van der Waals surface area contributed by atoms with Crippen molar-refractivity contribution in [3.05, 3.63) is 60.2 Å². The minimum Gasteiger partial charge on any atom is -0.386 e. The fraction of sp³-hybridized carbons (Fsp3) is 0.235. The quantitative estimate of drug-likeness (QED) is 0.223. The van der Waals surface area contributed by atoms with Gasteiger partial charge in [-0.1, -0.05) is 0 Å². The summed E-state index contributed by atoms with van der Waals surface area (Å²) in [7, 11) is 0. The van der Waals surface area contributed by atoms with Gasteiger partial charge in [0, 0.05) is 31.3 Å². The summed E-state index contributed by atoms with van der Waals surface area (Å²) in [5.41, 5.74) is 8.76. The van der Waals surface area contributed by atoms with Gasteiger partial charge >= 0.3 is 5.97 Å². The highest BCUT2D eigenvalue weighted by Crippen LogP contribution is 2.01. The van der Waals surface area contributed by atoms with Gasteiger partial charge in [0.05, 0.1) is 17.2 Å². The smallest absolute Gasteiger partial charge is 0.358 e. The van der Waals surface area contributed by atoms with Gasteiger partial charge in [0.1, 0.15) is 5.84 Å². The third-order valence-electron chi connectivity index (χ3n) is 3.45. The predicted molar refractivity (Wildman–Crippen MR) is 94.3 cm³/mol. The first-order valence-electron chi connectivity index (χ1n) is 7.97. The number of hydrogen-bond acceptors (Lipinski definition) is 7. The van der Waals surface area contributed by atoms with Crippen molar-refractivity contribution in [2.75, 3.05) is 6.54 Å². The minimum absolute atomic E-state index is 0.164. The average molecular weight is 356 g/mol. The normalized spacial score (nSPS) is 11.4. The van der Waals surface area contributed by atoms with Crippen molar-refractivity contribution in [1.29, 1.82) is 5.41 Å². The van der Waals surface area contributed by atoms with Crippen LogP contribution in [0, 0.1) is 5.41 Å². The molecule has 0 saturated heterocycles. The second-order valence-electron chi connectivity index (χ2n) is 5.40. The number of amidine groups is 1. The predicted octanol–water partition coefficient (Wildman–Crippen LogP) is 0.653. The Labute approximate surface area is 150 Å². The highest BCUT2D eigenvalue weighted by atomic mass is 16.7. The molecular formula is C17H20N6O3. The third-order valence-corrected chi connectivity index (χ3v) is 3.45. The molecule has 136 valence electrons. The lowest BCUT2D eigenvalue weighted by Crippen LogP contribution is -2.42. The van der Waals surface area contributed by atoms with Crippen molar-refractivity contribution >= 4 is 17.7 Å². The largest absolute Gasteiger partial charge is 0.386 e. The summed E-state index contributed by atoms with van der Waals surface area (Å²) in [5.74, 6) is -1.01. The average Bonchev–Trinajstić information content (AvgIpc) is 2.68. The molecule has 9 heteroatoms. The number of hydroxylamine groups is 1. The van der Waals surface area contributed by atoms with Crippen molar-refractivity contribution in [2.45, 2.75) is 18.9 Å². The van der Waals surface area contributed by atoms with Crippen LogP contribution in [0.1, 0.15) is 33.6 Å². The van der Waals surface area contributed by atoms with E-state index >= 15 is 0 Å². The molecule has 0 saturated carbocycles. The number of nitrogens with two attached hydrogens (primary N) is 1. The number of rotatable bonds is 9. The summed E-state index contributed by atoms with van der Waals surface area (Å²) in [5, 5.41) is 10.3. The Balaban J connectivity index is 1.73. The molecule has 2 aromatic rings. The zero-order valence-corrected chi connectivity index (χ0v) is 14.0. The van der Waals surface area contributed by atoms with Gasteiger partial charge < -0.3 is 15.9 Å². The molecule has 0 aliphatic heterocycles. The second-order valence-corrected chi connectivity index (χ2v) is 5.40. The van der Waals surface area contributed by atoms with Crippen LogP contribution >= 0.6 is 0 Å². The maximum atomic E-state index is 11.9. The molecule has 1 amide bonds. The monoisotopic (exact) mass is 356 g/mol. The van der Waals surface area contributed by atoms with Crippen LogP contribution in [0.5, 0.6) is 0 Å². The molecule has 0 aromatic carbocycles. The molecule has 2 aromatic heterocycles. The third kappa shape index (κ3) is 5.95. The molecule has 0 fully saturated rings. The molecule has 9 nitrogen and oxygen atoms in total. The second kappa shape index (κ2) is 9.84. The molecule has 0 radical (unpaired) electrons. The number of aromatic nitrogens is 2. The number of pyridine rings is 2. The van der Waals surface area contributed by atoms with Gasteiger partial charge in [-0.2, -0.15) is 0 Å². The maximum absolute atomic E-state index is 11.9. The zero-order chi connectivity index (χ0) is 18.8. The molecule has 5 N–H and O–H groups in total. The Morgan fingerprint density at radius 1 is 1.15 bits per heavy atom. The van der Waals surface area contributed by atoms with Crippen LogP contribution in [0.4, 0.5) is 0 Å². The van der Waals surface area contributed by atoms with Gasteiger partial charge in [0.25, 0.3) is 5.91 Å². The molecular weight excluding hydrogens is 336 g/mol. The van der Waals surface area contributed by atoms with E-state index in [1.807, 2.05) is 0 Å². The molecule has 2 heterocycles. The Bertz CT molecular complexity index is 739. The molecule has 2 rings (SSSR count). The molecule has 0 bridgehead atoms. The number of nitrogens with zero attached hydrogens (tertiary/aromatic N) is 2. The van der Waals surface area contributed by atoms with Crippen molar-refractivity contribution in [2.24, 2.45) is 5.73 Å². The molecule has 1 atom stereocenters. The fourth-order valence-electron chi connectivity index (χ4n) is 2.05. The van der Waals surface area contributed by atoms with E-state index in [2.05, 4.69) is 20.8 Å². The SMILES string of the molecule is N=C(N)C(CCCNC(=O)c1cccnc1)NOC(=O)c1cccnc1. The highest BCUT2D eigenvalue weighted by Gasteiger charge is 2.15. The van der Waals surface area contributed by atoms with Crippen molar-refractivity contribution in [1.82, 2.24) is 20.8 Å². The Morgan fingerprint density at radius 3 is 2.38 bits per heavy atom. The van der Waals surface area contributed by atoms with Crippen molar-refractivity contribution in [3.63, 3.8) is 0 Å². The Kier molecular flexibility index (Phi) is 7.19. The fourth-order valence-corrected chi connectivity index (χ4v) is 2.05. The number of carbonyl (C=O) groups is 2. The van der Waals surface area contributed by atoms with E-state index in [0.29, 0.717) is 24.9 Å². The first-order valence-corrected chi connectivity index (χ1v) is 7.97. The van der Waals surface area contributed by atoms with E-state index in [-0.39, 0.29) is 17.3 Å². The highest BCUT2D eigenvalue weighted by molar-refractivity contribution is 5.93. The maximum Gasteiger partial charge on any atom is 0.358 e. The summed E-state index contributed by atoms with van der Waals surface area (Å²) >= 11 is 0. The summed E-state index contributed by atoms with van der Waals surface area (Å²) in [6.07, 6.45) is 6.93. The zero-order valence-electron chi connectivity index (χ0n) is 14.0. The molecule has 0 spiro atoms. The Morgan fingerprint density at radius 2 is 1.81 bits per heavy atom. The minimum atomic E-state index is -0.647. The van der Waals surface area contributed by atoms with Crippen LogP contribution < -0.4 is 16.5 Å². The van der Waals surface area contributed by atoms with Gasteiger partial charge in [-0.3, -0.25) is 20.2 Å². The van der Waals surface area contributed by atoms with E-state index in [9.17, 15) is 9.59 Å². The van der Waals surface area contributed by atoms with Gasteiger partial charge in [0.15, 0.2) is 0 Å². The van der Waals surface area contributed by atoms with Crippen LogP contribution in [-0.2, 0) is 4.84 Å². The lowest BCUT2D eigenvalue weighted by molar-refractivity contribution is 0.0204. The van der Waals surface area contributed by atoms with Crippen LogP contribution in [0.3, 0.4) is 0 Å². The van der Waals surface area contributed by atoms with Crippen LogP contribution in [-0.4, -0.2) is 40.3 Å². The summed E-state index contributed by atoms with van der Waals surface area (Å²) < 4.78 is 0. The van der Waals surface area contributed by atoms with Gasteiger partial charge in [-0.05, 0) is 37.1 Å². The summed E-state index contributed by atoms with van der Waals surface area (Å²) in [6.45, 7) is 0.385. The standard InChI is InChI=1S/C17H20N6O3/c18-15(19)14(23-26-17(25)13-5-2-8-21-11-13)6-3-9-22-16(24)12-4-1-7-20-10-12/h1-2,4-5,7-8,10-11,14,23H,3,6,9H2,(H3,18,19)(H,22,24). The lowest BCUT2D eigenvalue weighted by Gasteiger charge is -2.16. The molecule has 1 unspecified atom stereocenters.